The summed E-state index contributed by atoms with van der Waals surface area (Å²) in [6.45, 7) is 7.38. The van der Waals surface area contributed by atoms with Crippen molar-refractivity contribution in [1.29, 1.82) is 0 Å². The van der Waals surface area contributed by atoms with E-state index >= 15 is 0 Å². The van der Waals surface area contributed by atoms with Crippen LogP contribution in [0.25, 0.3) is 0 Å². The van der Waals surface area contributed by atoms with Crippen LogP contribution in [0.5, 0.6) is 0 Å². The van der Waals surface area contributed by atoms with Crippen LogP contribution in [0.15, 0.2) is 0 Å². The molecule has 0 amide bonds. The first-order valence-corrected chi connectivity index (χ1v) is 8.46. The quantitative estimate of drug-likeness (QED) is 0.791. The van der Waals surface area contributed by atoms with Crippen molar-refractivity contribution in [1.82, 2.24) is 10.2 Å². The highest BCUT2D eigenvalue weighted by Gasteiger charge is 2.43. The molecule has 100 valence electrons. The Bertz CT molecular complexity index is 369. The molecule has 0 radical (unpaired) electrons. The summed E-state index contributed by atoms with van der Waals surface area (Å²) in [5.41, 5.74) is -0.127. The molecule has 0 aromatic heterocycles. The second kappa shape index (κ2) is 4.86. The Balaban J connectivity index is 2.10. The monoisotopic (exact) mass is 260 g/mol. The van der Waals surface area contributed by atoms with Crippen LogP contribution < -0.4 is 5.32 Å². The van der Waals surface area contributed by atoms with E-state index in [1.165, 1.54) is 0 Å². The summed E-state index contributed by atoms with van der Waals surface area (Å²) < 4.78 is 23.4. The summed E-state index contributed by atoms with van der Waals surface area (Å²) in [5.74, 6) is 0.709. The van der Waals surface area contributed by atoms with Gasteiger partial charge in [0.25, 0.3) is 0 Å². The molecule has 0 bridgehead atoms. The summed E-state index contributed by atoms with van der Waals surface area (Å²) in [6, 6.07) is 0.512. The Kier molecular flexibility index (Phi) is 3.80. The zero-order valence-corrected chi connectivity index (χ0v) is 11.7. The van der Waals surface area contributed by atoms with E-state index in [-0.39, 0.29) is 5.54 Å². The van der Waals surface area contributed by atoms with Gasteiger partial charge in [-0.1, -0.05) is 6.92 Å². The number of hydrogen-bond acceptors (Lipinski definition) is 4. The molecule has 17 heavy (non-hydrogen) atoms. The smallest absolute Gasteiger partial charge is 0.152 e. The molecule has 0 aromatic rings. The molecule has 0 aromatic carbocycles. The van der Waals surface area contributed by atoms with Crippen LogP contribution in [0.3, 0.4) is 0 Å². The van der Waals surface area contributed by atoms with Crippen molar-refractivity contribution in [3.8, 4) is 0 Å². The molecule has 2 saturated heterocycles. The van der Waals surface area contributed by atoms with Gasteiger partial charge in [-0.05, 0) is 39.3 Å². The van der Waals surface area contributed by atoms with Crippen molar-refractivity contribution in [3.05, 3.63) is 0 Å². The van der Waals surface area contributed by atoms with Crippen molar-refractivity contribution in [2.24, 2.45) is 0 Å². The van der Waals surface area contributed by atoms with E-state index in [1.54, 1.807) is 0 Å². The first kappa shape index (κ1) is 13.3. The molecule has 2 rings (SSSR count). The Morgan fingerprint density at radius 2 is 2.24 bits per heavy atom. The molecule has 2 aliphatic rings. The van der Waals surface area contributed by atoms with E-state index in [1.807, 2.05) is 0 Å². The Labute approximate surface area is 105 Å². The van der Waals surface area contributed by atoms with Gasteiger partial charge in [0.1, 0.15) is 0 Å². The minimum absolute atomic E-state index is 0.127. The van der Waals surface area contributed by atoms with E-state index < -0.39 is 9.84 Å². The van der Waals surface area contributed by atoms with Crippen LogP contribution in [0.2, 0.25) is 0 Å². The van der Waals surface area contributed by atoms with Crippen molar-refractivity contribution < 1.29 is 8.42 Å². The fourth-order valence-corrected chi connectivity index (χ4v) is 5.17. The lowest BCUT2D eigenvalue weighted by atomic mass is 9.98. The maximum atomic E-state index is 11.7. The second-order valence-corrected chi connectivity index (χ2v) is 7.88. The summed E-state index contributed by atoms with van der Waals surface area (Å²) >= 11 is 0. The average Bonchev–Trinajstić information content (AvgIpc) is 2.48. The lowest BCUT2D eigenvalue weighted by Crippen LogP contribution is -2.51. The summed E-state index contributed by atoms with van der Waals surface area (Å²) in [6.07, 6.45) is 3.03. The summed E-state index contributed by atoms with van der Waals surface area (Å²) in [4.78, 5) is 2.41. The minimum Gasteiger partial charge on any atom is -0.313 e. The summed E-state index contributed by atoms with van der Waals surface area (Å²) in [7, 11) is -2.80. The van der Waals surface area contributed by atoms with Crippen molar-refractivity contribution in [2.75, 3.05) is 31.1 Å². The minimum atomic E-state index is -2.80. The van der Waals surface area contributed by atoms with Crippen molar-refractivity contribution in [3.63, 3.8) is 0 Å². The van der Waals surface area contributed by atoms with Gasteiger partial charge in [-0.25, -0.2) is 8.42 Å². The average molecular weight is 260 g/mol. The fourth-order valence-electron chi connectivity index (χ4n) is 3.00. The molecule has 5 heteroatoms. The highest BCUT2D eigenvalue weighted by molar-refractivity contribution is 7.91. The third kappa shape index (κ3) is 3.01. The standard InChI is InChI=1S/C12H24N2O2S/c1-3-11-9-14(7-4-6-13-11)12(2)5-8-17(15,16)10-12/h11,13H,3-10H2,1-2H3. The van der Waals surface area contributed by atoms with E-state index in [0.717, 1.165) is 38.9 Å². The van der Waals surface area contributed by atoms with Crippen LogP contribution >= 0.6 is 0 Å². The largest absolute Gasteiger partial charge is 0.313 e. The van der Waals surface area contributed by atoms with Gasteiger partial charge in [-0.2, -0.15) is 0 Å². The molecule has 0 aliphatic carbocycles. The molecule has 1 N–H and O–H groups in total. The maximum absolute atomic E-state index is 11.7. The lowest BCUT2D eigenvalue weighted by molar-refractivity contribution is 0.123. The first-order chi connectivity index (χ1) is 7.95. The number of rotatable bonds is 2. The Morgan fingerprint density at radius 1 is 1.47 bits per heavy atom. The molecular weight excluding hydrogens is 236 g/mol. The highest BCUT2D eigenvalue weighted by Crippen LogP contribution is 2.30. The molecular formula is C12H24N2O2S. The van der Waals surface area contributed by atoms with Crippen LogP contribution in [-0.4, -0.2) is 56.0 Å². The predicted molar refractivity (Wildman–Crippen MR) is 69.9 cm³/mol. The van der Waals surface area contributed by atoms with Crippen molar-refractivity contribution >= 4 is 9.84 Å². The van der Waals surface area contributed by atoms with E-state index in [0.29, 0.717) is 17.5 Å². The van der Waals surface area contributed by atoms with E-state index in [9.17, 15) is 8.42 Å². The van der Waals surface area contributed by atoms with E-state index in [2.05, 4.69) is 24.1 Å². The molecule has 0 spiro atoms. The van der Waals surface area contributed by atoms with Gasteiger partial charge >= 0.3 is 0 Å². The van der Waals surface area contributed by atoms with Crippen molar-refractivity contribution in [2.45, 2.75) is 44.7 Å². The van der Waals surface area contributed by atoms with Crippen LogP contribution in [0.4, 0.5) is 0 Å². The third-order valence-electron chi connectivity index (χ3n) is 4.22. The number of hydrogen-bond donors (Lipinski definition) is 1. The van der Waals surface area contributed by atoms with Crippen LogP contribution in [0, 0.1) is 0 Å². The molecule has 2 unspecified atom stereocenters. The number of sulfone groups is 1. The van der Waals surface area contributed by atoms with Gasteiger partial charge in [-0.3, -0.25) is 4.90 Å². The third-order valence-corrected chi connectivity index (χ3v) is 6.11. The highest BCUT2D eigenvalue weighted by atomic mass is 32.2. The fraction of sp³-hybridized carbons (Fsp3) is 1.00. The normalized spacial score (nSPS) is 39.1. The van der Waals surface area contributed by atoms with Gasteiger partial charge < -0.3 is 5.32 Å². The molecule has 2 fully saturated rings. The zero-order chi connectivity index (χ0) is 12.5. The van der Waals surface area contributed by atoms with Crippen LogP contribution in [-0.2, 0) is 9.84 Å². The van der Waals surface area contributed by atoms with Gasteiger partial charge in [-0.15, -0.1) is 0 Å². The van der Waals surface area contributed by atoms with E-state index in [4.69, 9.17) is 0 Å². The van der Waals surface area contributed by atoms with Gasteiger partial charge in [0, 0.05) is 18.1 Å². The zero-order valence-electron chi connectivity index (χ0n) is 10.9. The number of nitrogens with one attached hydrogen (secondary N) is 1. The second-order valence-electron chi connectivity index (χ2n) is 5.70. The maximum Gasteiger partial charge on any atom is 0.152 e. The molecule has 0 saturated carbocycles. The SMILES string of the molecule is CCC1CN(C2(C)CCS(=O)(=O)C2)CCCN1. The summed E-state index contributed by atoms with van der Waals surface area (Å²) in [5, 5.41) is 3.53. The van der Waals surface area contributed by atoms with Gasteiger partial charge in [0.15, 0.2) is 9.84 Å². The molecule has 2 atom stereocenters. The van der Waals surface area contributed by atoms with Gasteiger partial charge in [0.05, 0.1) is 11.5 Å². The van der Waals surface area contributed by atoms with Gasteiger partial charge in [0.2, 0.25) is 0 Å². The molecule has 2 heterocycles. The Hall–Kier alpha value is -0.130. The van der Waals surface area contributed by atoms with Crippen LogP contribution in [0.1, 0.15) is 33.1 Å². The predicted octanol–water partition coefficient (Wildman–Crippen LogP) is 0.638. The number of nitrogens with zero attached hydrogens (tertiary/aromatic N) is 1. The lowest BCUT2D eigenvalue weighted by Gasteiger charge is -2.38. The Morgan fingerprint density at radius 3 is 2.82 bits per heavy atom. The topological polar surface area (TPSA) is 49.4 Å². The molecule has 2 aliphatic heterocycles. The first-order valence-electron chi connectivity index (χ1n) is 6.64. The molecule has 4 nitrogen and oxygen atoms in total.